The summed E-state index contributed by atoms with van der Waals surface area (Å²) < 4.78 is 0. The molecule has 1 N–H and O–H groups in total. The molecular weight excluding hydrogens is 280 g/mol. The minimum absolute atomic E-state index is 0.151. The van der Waals surface area contributed by atoms with Crippen LogP contribution in [-0.4, -0.2) is 10.9 Å². The molecule has 0 radical (unpaired) electrons. The van der Waals surface area contributed by atoms with Gasteiger partial charge in [0.25, 0.3) is 5.91 Å². The van der Waals surface area contributed by atoms with E-state index in [1.165, 1.54) is 0 Å². The Labute approximate surface area is 128 Å². The van der Waals surface area contributed by atoms with Gasteiger partial charge >= 0.3 is 0 Å². The number of hydrogen-bond donors (Lipinski definition) is 2. The number of para-hydroxylation sites is 1. The number of anilines is 1. The number of amides is 1. The Morgan fingerprint density at radius 2 is 1.90 bits per heavy atom. The van der Waals surface area contributed by atoms with Gasteiger partial charge in [-0.2, -0.15) is 0 Å². The second-order valence-corrected chi connectivity index (χ2v) is 5.35. The van der Waals surface area contributed by atoms with E-state index in [2.05, 4.69) is 22.9 Å². The summed E-state index contributed by atoms with van der Waals surface area (Å²) in [6.45, 7) is 1.91. The van der Waals surface area contributed by atoms with E-state index in [1.54, 1.807) is 12.1 Å². The summed E-state index contributed by atoms with van der Waals surface area (Å²) >= 11 is 4.26. The lowest BCUT2D eigenvalue weighted by atomic mass is 10.1. The number of carbonyl (C=O) groups excluding carboxylic acids is 1. The molecule has 104 valence electrons. The van der Waals surface area contributed by atoms with Gasteiger partial charge in [-0.15, -0.1) is 12.6 Å². The van der Waals surface area contributed by atoms with Crippen LogP contribution in [0.5, 0.6) is 0 Å². The van der Waals surface area contributed by atoms with Crippen LogP contribution in [0.15, 0.2) is 59.5 Å². The smallest absolute Gasteiger partial charge is 0.255 e. The predicted octanol–water partition coefficient (Wildman–Crippen LogP) is 4.08. The Kier molecular flexibility index (Phi) is 3.62. The van der Waals surface area contributed by atoms with Crippen LogP contribution in [0.3, 0.4) is 0 Å². The van der Waals surface area contributed by atoms with Crippen LogP contribution in [0.1, 0.15) is 16.1 Å². The first kappa shape index (κ1) is 13.6. The van der Waals surface area contributed by atoms with Crippen molar-refractivity contribution in [1.82, 2.24) is 4.98 Å². The third kappa shape index (κ3) is 2.90. The Morgan fingerprint density at radius 1 is 1.10 bits per heavy atom. The molecule has 0 aliphatic rings. The third-order valence-corrected chi connectivity index (χ3v) is 3.48. The average molecular weight is 294 g/mol. The Hall–Kier alpha value is -2.33. The van der Waals surface area contributed by atoms with Crippen molar-refractivity contribution in [3.05, 3.63) is 65.9 Å². The molecule has 3 aromatic rings. The normalized spacial score (nSPS) is 10.6. The van der Waals surface area contributed by atoms with Crippen molar-refractivity contribution in [2.75, 3.05) is 5.32 Å². The minimum Gasteiger partial charge on any atom is -0.321 e. The van der Waals surface area contributed by atoms with Crippen molar-refractivity contribution >= 4 is 35.1 Å². The molecule has 0 saturated heterocycles. The zero-order valence-corrected chi connectivity index (χ0v) is 12.4. The van der Waals surface area contributed by atoms with Gasteiger partial charge in [0.1, 0.15) is 0 Å². The highest BCUT2D eigenvalue weighted by Gasteiger charge is 2.09. The largest absolute Gasteiger partial charge is 0.321 e. The molecule has 4 heteroatoms. The molecule has 3 rings (SSSR count). The first-order valence-electron chi connectivity index (χ1n) is 6.60. The van der Waals surface area contributed by atoms with Gasteiger partial charge in [-0.1, -0.05) is 24.3 Å². The molecule has 0 unspecified atom stereocenters. The third-order valence-electron chi connectivity index (χ3n) is 3.20. The Bertz CT molecular complexity index is 830. The zero-order valence-electron chi connectivity index (χ0n) is 11.5. The van der Waals surface area contributed by atoms with Gasteiger partial charge in [-0.25, -0.2) is 0 Å². The molecule has 1 amide bonds. The van der Waals surface area contributed by atoms with Gasteiger partial charge in [0.05, 0.1) is 11.2 Å². The van der Waals surface area contributed by atoms with Crippen molar-refractivity contribution < 1.29 is 4.79 Å². The van der Waals surface area contributed by atoms with E-state index in [1.807, 2.05) is 49.4 Å². The Morgan fingerprint density at radius 3 is 2.71 bits per heavy atom. The summed E-state index contributed by atoms with van der Waals surface area (Å²) in [7, 11) is 0. The first-order chi connectivity index (χ1) is 10.1. The zero-order chi connectivity index (χ0) is 14.8. The maximum absolute atomic E-state index is 12.4. The van der Waals surface area contributed by atoms with Crippen molar-refractivity contribution in [1.29, 1.82) is 0 Å². The lowest BCUT2D eigenvalue weighted by Crippen LogP contribution is -2.12. The van der Waals surface area contributed by atoms with E-state index in [0.29, 0.717) is 5.56 Å². The lowest BCUT2D eigenvalue weighted by molar-refractivity contribution is 0.102. The maximum Gasteiger partial charge on any atom is 0.255 e. The van der Waals surface area contributed by atoms with Crippen LogP contribution < -0.4 is 5.32 Å². The predicted molar refractivity (Wildman–Crippen MR) is 88.1 cm³/mol. The topological polar surface area (TPSA) is 42.0 Å². The lowest BCUT2D eigenvalue weighted by Gasteiger charge is -2.10. The SMILES string of the molecule is Cc1cc(NC(=O)c2cccc(S)c2)c2ccccc2n1. The van der Waals surface area contributed by atoms with Gasteiger partial charge in [0, 0.05) is 21.5 Å². The summed E-state index contributed by atoms with van der Waals surface area (Å²) in [5, 5.41) is 3.89. The minimum atomic E-state index is -0.151. The van der Waals surface area contributed by atoms with Crippen LogP contribution in [0, 0.1) is 6.92 Å². The molecule has 0 atom stereocenters. The quantitative estimate of drug-likeness (QED) is 0.699. The standard InChI is InChI=1S/C17H14N2OS/c1-11-9-16(14-7-2-3-8-15(14)18-11)19-17(20)12-5-4-6-13(21)10-12/h2-10,21H,1H3,(H,18,19,20). The fourth-order valence-corrected chi connectivity index (χ4v) is 2.48. The molecule has 2 aromatic carbocycles. The molecule has 0 aliphatic carbocycles. The number of benzene rings is 2. The molecular formula is C17H14N2OS. The first-order valence-corrected chi connectivity index (χ1v) is 7.05. The van der Waals surface area contributed by atoms with Gasteiger partial charge in [-0.05, 0) is 37.3 Å². The molecule has 0 saturated carbocycles. The average Bonchev–Trinajstić information content (AvgIpc) is 2.47. The molecule has 0 fully saturated rings. The van der Waals surface area contributed by atoms with Crippen LogP contribution in [-0.2, 0) is 0 Å². The van der Waals surface area contributed by atoms with E-state index in [9.17, 15) is 4.79 Å². The Balaban J connectivity index is 2.00. The van der Waals surface area contributed by atoms with Crippen LogP contribution >= 0.6 is 12.6 Å². The van der Waals surface area contributed by atoms with E-state index in [-0.39, 0.29) is 5.91 Å². The number of fused-ring (bicyclic) bond motifs is 1. The van der Waals surface area contributed by atoms with Crippen LogP contribution in [0.2, 0.25) is 0 Å². The number of thiol groups is 1. The van der Waals surface area contributed by atoms with Crippen molar-refractivity contribution in [3.8, 4) is 0 Å². The number of aryl methyl sites for hydroxylation is 1. The molecule has 0 spiro atoms. The van der Waals surface area contributed by atoms with Gasteiger partial charge in [-0.3, -0.25) is 9.78 Å². The number of aromatic nitrogens is 1. The highest BCUT2D eigenvalue weighted by atomic mass is 32.1. The number of pyridine rings is 1. The number of hydrogen-bond acceptors (Lipinski definition) is 3. The summed E-state index contributed by atoms with van der Waals surface area (Å²) in [4.78, 5) is 17.6. The van der Waals surface area contributed by atoms with Gasteiger partial charge < -0.3 is 5.32 Å². The van der Waals surface area contributed by atoms with E-state index in [4.69, 9.17) is 0 Å². The molecule has 0 aliphatic heterocycles. The molecule has 21 heavy (non-hydrogen) atoms. The van der Waals surface area contributed by atoms with Gasteiger partial charge in [0.15, 0.2) is 0 Å². The number of carbonyl (C=O) groups is 1. The monoisotopic (exact) mass is 294 g/mol. The molecule has 1 heterocycles. The fourth-order valence-electron chi connectivity index (χ4n) is 2.25. The van der Waals surface area contributed by atoms with Crippen molar-refractivity contribution in [2.24, 2.45) is 0 Å². The number of nitrogens with one attached hydrogen (secondary N) is 1. The van der Waals surface area contributed by atoms with E-state index < -0.39 is 0 Å². The highest BCUT2D eigenvalue weighted by molar-refractivity contribution is 7.80. The van der Waals surface area contributed by atoms with Crippen molar-refractivity contribution in [2.45, 2.75) is 11.8 Å². The highest BCUT2D eigenvalue weighted by Crippen LogP contribution is 2.23. The molecule has 3 nitrogen and oxygen atoms in total. The van der Waals surface area contributed by atoms with Crippen molar-refractivity contribution in [3.63, 3.8) is 0 Å². The van der Waals surface area contributed by atoms with E-state index >= 15 is 0 Å². The summed E-state index contributed by atoms with van der Waals surface area (Å²) in [5.41, 5.74) is 3.09. The summed E-state index contributed by atoms with van der Waals surface area (Å²) in [6, 6.07) is 16.8. The second-order valence-electron chi connectivity index (χ2n) is 4.83. The number of nitrogens with zero attached hydrogens (tertiary/aromatic N) is 1. The van der Waals surface area contributed by atoms with E-state index in [0.717, 1.165) is 27.2 Å². The second kappa shape index (κ2) is 5.58. The summed E-state index contributed by atoms with van der Waals surface area (Å²) in [6.07, 6.45) is 0. The molecule has 0 bridgehead atoms. The van der Waals surface area contributed by atoms with Gasteiger partial charge in [0.2, 0.25) is 0 Å². The van der Waals surface area contributed by atoms with Crippen LogP contribution in [0.25, 0.3) is 10.9 Å². The fraction of sp³-hybridized carbons (Fsp3) is 0.0588. The maximum atomic E-state index is 12.4. The summed E-state index contributed by atoms with van der Waals surface area (Å²) in [5.74, 6) is -0.151. The molecule has 1 aromatic heterocycles. The van der Waals surface area contributed by atoms with Crippen LogP contribution in [0.4, 0.5) is 5.69 Å². The number of rotatable bonds is 2.